The molecule has 3 fully saturated rings. The van der Waals surface area contributed by atoms with Gasteiger partial charge in [0, 0.05) is 22.0 Å². The Bertz CT molecular complexity index is 690. The van der Waals surface area contributed by atoms with Crippen molar-refractivity contribution < 1.29 is 5.11 Å². The number of halogens is 1. The smallest absolute Gasteiger partial charge is 0.0654 e. The lowest BCUT2D eigenvalue weighted by Gasteiger charge is -2.57. The van der Waals surface area contributed by atoms with Crippen LogP contribution < -0.4 is 5.32 Å². The summed E-state index contributed by atoms with van der Waals surface area (Å²) < 4.78 is 1.10. The highest BCUT2D eigenvalue weighted by molar-refractivity contribution is 9.10. The van der Waals surface area contributed by atoms with Crippen LogP contribution in [0.2, 0.25) is 0 Å². The molecular weight excluding hydrogens is 362 g/mol. The number of hydrogen-bond acceptors (Lipinski definition) is 2. The molecule has 2 bridgehead atoms. The van der Waals surface area contributed by atoms with Crippen LogP contribution in [0.25, 0.3) is 0 Å². The third-order valence-corrected chi connectivity index (χ3v) is 6.78. The molecular formula is C21H24BrNO. The van der Waals surface area contributed by atoms with Gasteiger partial charge in [0.1, 0.15) is 0 Å². The van der Waals surface area contributed by atoms with Crippen molar-refractivity contribution in [2.45, 2.75) is 55.7 Å². The van der Waals surface area contributed by atoms with Gasteiger partial charge in [0.25, 0.3) is 0 Å². The summed E-state index contributed by atoms with van der Waals surface area (Å²) in [5, 5.41) is 14.8. The lowest BCUT2D eigenvalue weighted by molar-refractivity contribution is -0.0503. The van der Waals surface area contributed by atoms with Gasteiger partial charge in [-0.15, -0.1) is 0 Å². The van der Waals surface area contributed by atoms with Crippen LogP contribution in [0.3, 0.4) is 0 Å². The maximum atomic E-state index is 11.0. The van der Waals surface area contributed by atoms with E-state index in [0.29, 0.717) is 0 Å². The maximum Gasteiger partial charge on any atom is 0.0654 e. The number of hydrogen-bond donors (Lipinski definition) is 2. The lowest BCUT2D eigenvalue weighted by atomic mass is 9.53. The molecule has 0 radical (unpaired) electrons. The monoisotopic (exact) mass is 385 g/mol. The Morgan fingerprint density at radius 3 is 2.25 bits per heavy atom. The van der Waals surface area contributed by atoms with Crippen LogP contribution in [0.4, 0.5) is 0 Å². The molecule has 5 rings (SSSR count). The van der Waals surface area contributed by atoms with Crippen molar-refractivity contribution in [1.82, 2.24) is 5.32 Å². The highest BCUT2D eigenvalue weighted by Crippen LogP contribution is 2.53. The quantitative estimate of drug-likeness (QED) is 0.808. The zero-order chi connectivity index (χ0) is 16.6. The average molecular weight is 386 g/mol. The summed E-state index contributed by atoms with van der Waals surface area (Å²) in [5.74, 6) is 0. The molecule has 1 unspecified atom stereocenters. The van der Waals surface area contributed by atoms with E-state index in [-0.39, 0.29) is 17.1 Å². The molecule has 0 spiro atoms. The molecule has 3 aliphatic rings. The third kappa shape index (κ3) is 2.83. The van der Waals surface area contributed by atoms with E-state index >= 15 is 0 Å². The first-order chi connectivity index (χ1) is 11.6. The molecule has 0 saturated heterocycles. The third-order valence-electron chi connectivity index (χ3n) is 6.25. The minimum atomic E-state index is -0.260. The first-order valence-corrected chi connectivity index (χ1v) is 9.64. The molecule has 0 heterocycles. The molecule has 126 valence electrons. The second-order valence-electron chi connectivity index (χ2n) is 7.50. The second kappa shape index (κ2) is 6.29. The fourth-order valence-corrected chi connectivity index (χ4v) is 4.94. The molecule has 3 aliphatic carbocycles. The first kappa shape index (κ1) is 16.3. The predicted octanol–water partition coefficient (Wildman–Crippen LogP) is 4.55. The van der Waals surface area contributed by atoms with E-state index in [2.05, 4.69) is 75.8 Å². The van der Waals surface area contributed by atoms with Crippen molar-refractivity contribution >= 4 is 15.9 Å². The van der Waals surface area contributed by atoms with Gasteiger partial charge in [-0.2, -0.15) is 0 Å². The molecule has 2 aromatic carbocycles. The van der Waals surface area contributed by atoms with Crippen LogP contribution in [0, 0.1) is 0 Å². The number of rotatable bonds is 4. The van der Waals surface area contributed by atoms with Crippen LogP contribution >= 0.6 is 15.9 Å². The predicted molar refractivity (Wildman–Crippen MR) is 101 cm³/mol. The van der Waals surface area contributed by atoms with Crippen molar-refractivity contribution in [3.8, 4) is 0 Å². The number of aliphatic hydroxyl groups excluding tert-OH is 1. The van der Waals surface area contributed by atoms with Crippen LogP contribution in [0.5, 0.6) is 0 Å². The number of nitrogens with one attached hydrogen (secondary N) is 1. The normalized spacial score (nSPS) is 32.0. The van der Waals surface area contributed by atoms with E-state index in [1.807, 2.05) is 0 Å². The molecule has 24 heavy (non-hydrogen) atoms. The van der Waals surface area contributed by atoms with E-state index in [4.69, 9.17) is 0 Å². The van der Waals surface area contributed by atoms with E-state index in [9.17, 15) is 5.11 Å². The SMILES string of the molecule is OC1CC2(NCc3ccccc3)CCC1(c1ccc(Br)cc1)CC2. The van der Waals surface area contributed by atoms with Crippen LogP contribution in [0.15, 0.2) is 59.1 Å². The summed E-state index contributed by atoms with van der Waals surface area (Å²) in [6, 6.07) is 19.1. The van der Waals surface area contributed by atoms with Crippen molar-refractivity contribution in [2.24, 2.45) is 0 Å². The summed E-state index contributed by atoms with van der Waals surface area (Å²) in [6.45, 7) is 0.888. The van der Waals surface area contributed by atoms with Gasteiger partial charge in [-0.3, -0.25) is 0 Å². The van der Waals surface area contributed by atoms with Crippen molar-refractivity contribution in [1.29, 1.82) is 0 Å². The summed E-state index contributed by atoms with van der Waals surface area (Å²) in [5.41, 5.74) is 2.68. The summed E-state index contributed by atoms with van der Waals surface area (Å²) in [6.07, 6.45) is 5.02. The Labute approximate surface area is 152 Å². The fourth-order valence-electron chi connectivity index (χ4n) is 4.67. The number of aliphatic hydroxyl groups is 1. The van der Waals surface area contributed by atoms with Crippen molar-refractivity contribution in [3.05, 3.63) is 70.2 Å². The molecule has 2 aromatic rings. The van der Waals surface area contributed by atoms with Gasteiger partial charge < -0.3 is 10.4 Å². The van der Waals surface area contributed by atoms with Gasteiger partial charge in [0.15, 0.2) is 0 Å². The Morgan fingerprint density at radius 2 is 1.62 bits per heavy atom. The molecule has 3 saturated carbocycles. The fraction of sp³-hybridized carbons (Fsp3) is 0.429. The van der Waals surface area contributed by atoms with Gasteiger partial charge in [-0.25, -0.2) is 0 Å². The molecule has 0 aliphatic heterocycles. The highest BCUT2D eigenvalue weighted by Gasteiger charge is 2.54. The highest BCUT2D eigenvalue weighted by atomic mass is 79.9. The Morgan fingerprint density at radius 1 is 0.958 bits per heavy atom. The lowest BCUT2D eigenvalue weighted by Crippen LogP contribution is -2.62. The van der Waals surface area contributed by atoms with Crippen LogP contribution in [-0.4, -0.2) is 16.7 Å². The molecule has 1 atom stereocenters. The molecule has 0 amide bonds. The maximum absolute atomic E-state index is 11.0. The first-order valence-electron chi connectivity index (χ1n) is 8.85. The van der Waals surface area contributed by atoms with Gasteiger partial charge in [-0.1, -0.05) is 58.4 Å². The topological polar surface area (TPSA) is 32.3 Å². The summed E-state index contributed by atoms with van der Waals surface area (Å²) in [4.78, 5) is 0. The standard InChI is InChI=1S/C21H24BrNO/c22-18-8-6-17(7-9-18)21-12-10-20(11-13-21,14-19(21)24)23-15-16-4-2-1-3-5-16/h1-9,19,23-24H,10-15H2. The molecule has 0 aromatic heterocycles. The van der Waals surface area contributed by atoms with Gasteiger partial charge >= 0.3 is 0 Å². The van der Waals surface area contributed by atoms with Crippen LogP contribution in [0.1, 0.15) is 43.2 Å². The van der Waals surface area contributed by atoms with E-state index < -0.39 is 0 Å². The zero-order valence-electron chi connectivity index (χ0n) is 13.8. The zero-order valence-corrected chi connectivity index (χ0v) is 15.4. The molecule has 2 nitrogen and oxygen atoms in total. The van der Waals surface area contributed by atoms with Crippen molar-refractivity contribution in [2.75, 3.05) is 0 Å². The summed E-state index contributed by atoms with van der Waals surface area (Å²) >= 11 is 3.51. The van der Waals surface area contributed by atoms with Crippen LogP contribution in [-0.2, 0) is 12.0 Å². The van der Waals surface area contributed by atoms with Gasteiger partial charge in [-0.05, 0) is 55.4 Å². The van der Waals surface area contributed by atoms with Gasteiger partial charge in [0.2, 0.25) is 0 Å². The van der Waals surface area contributed by atoms with E-state index in [1.54, 1.807) is 0 Å². The Hall–Kier alpha value is -1.16. The Balaban J connectivity index is 1.50. The molecule has 3 heteroatoms. The largest absolute Gasteiger partial charge is 0.392 e. The summed E-state index contributed by atoms with van der Waals surface area (Å²) in [7, 11) is 0. The van der Waals surface area contributed by atoms with Crippen molar-refractivity contribution in [3.63, 3.8) is 0 Å². The minimum absolute atomic E-state index is 0.0448. The Kier molecular flexibility index (Phi) is 4.27. The van der Waals surface area contributed by atoms with Gasteiger partial charge in [0.05, 0.1) is 6.10 Å². The number of fused-ring (bicyclic) bond motifs is 3. The van der Waals surface area contributed by atoms with E-state index in [1.165, 1.54) is 11.1 Å². The average Bonchev–Trinajstić information content (AvgIpc) is 2.63. The van der Waals surface area contributed by atoms with E-state index in [0.717, 1.165) is 43.1 Å². The number of benzene rings is 2. The minimum Gasteiger partial charge on any atom is -0.392 e. The second-order valence-corrected chi connectivity index (χ2v) is 8.42. The molecule has 2 N–H and O–H groups in total.